The molecule has 0 aliphatic rings. The lowest BCUT2D eigenvalue weighted by Gasteiger charge is -2.20. The Morgan fingerprint density at radius 3 is 2.70 bits per heavy atom. The third-order valence-corrected chi connectivity index (χ3v) is 3.85. The molecule has 0 fully saturated rings. The third-order valence-electron chi connectivity index (χ3n) is 3.85. The van der Waals surface area contributed by atoms with E-state index in [2.05, 4.69) is 5.10 Å². The van der Waals surface area contributed by atoms with E-state index in [9.17, 15) is 4.79 Å². The number of nitrogens with two attached hydrogens (primary N) is 1. The summed E-state index contributed by atoms with van der Waals surface area (Å²) in [6.45, 7) is 6.01. The van der Waals surface area contributed by atoms with Crippen LogP contribution < -0.4 is 5.73 Å². The summed E-state index contributed by atoms with van der Waals surface area (Å²) in [7, 11) is 0. The number of aromatic nitrogens is 2. The number of carbonyl (C=O) groups is 1. The van der Waals surface area contributed by atoms with Gasteiger partial charge in [0.1, 0.15) is 0 Å². The zero-order valence-corrected chi connectivity index (χ0v) is 13.7. The average Bonchev–Trinajstić information content (AvgIpc) is 3.03. The molecule has 0 bridgehead atoms. The molecule has 0 radical (unpaired) electrons. The van der Waals surface area contributed by atoms with Crippen molar-refractivity contribution in [1.29, 1.82) is 0 Å². The molecule has 1 heterocycles. The number of amides is 1. The SMILES string of the molecule is CCN(CC)C(=O)c1cc(-c2cnn(CCCO)c2)ccc1N. The molecule has 6 nitrogen and oxygen atoms in total. The molecule has 3 N–H and O–H groups in total. The molecule has 0 aliphatic carbocycles. The quantitative estimate of drug-likeness (QED) is 0.765. The monoisotopic (exact) mass is 316 g/mol. The number of rotatable bonds is 7. The molecule has 0 saturated carbocycles. The van der Waals surface area contributed by atoms with Crippen LogP contribution >= 0.6 is 0 Å². The van der Waals surface area contributed by atoms with E-state index in [1.54, 1.807) is 21.8 Å². The van der Waals surface area contributed by atoms with Crippen molar-refractivity contribution in [2.45, 2.75) is 26.8 Å². The molecular weight excluding hydrogens is 292 g/mol. The van der Waals surface area contributed by atoms with Gasteiger partial charge < -0.3 is 15.7 Å². The number of aliphatic hydroxyl groups is 1. The first-order chi connectivity index (χ1) is 11.1. The number of anilines is 1. The van der Waals surface area contributed by atoms with Gasteiger partial charge in [-0.15, -0.1) is 0 Å². The van der Waals surface area contributed by atoms with Gasteiger partial charge in [-0.3, -0.25) is 9.48 Å². The van der Waals surface area contributed by atoms with E-state index in [0.717, 1.165) is 11.1 Å². The Balaban J connectivity index is 2.29. The summed E-state index contributed by atoms with van der Waals surface area (Å²) in [5.74, 6) is -0.0537. The highest BCUT2D eigenvalue weighted by atomic mass is 16.3. The summed E-state index contributed by atoms with van der Waals surface area (Å²) in [4.78, 5) is 14.3. The summed E-state index contributed by atoms with van der Waals surface area (Å²) in [5, 5.41) is 13.2. The fourth-order valence-corrected chi connectivity index (χ4v) is 2.47. The first-order valence-electron chi connectivity index (χ1n) is 7.93. The van der Waals surface area contributed by atoms with E-state index in [1.165, 1.54) is 0 Å². The van der Waals surface area contributed by atoms with Crippen LogP contribution in [0.2, 0.25) is 0 Å². The minimum atomic E-state index is -0.0537. The number of benzene rings is 1. The Kier molecular flexibility index (Phi) is 5.76. The Bertz CT molecular complexity index is 662. The van der Waals surface area contributed by atoms with Crippen molar-refractivity contribution in [1.82, 2.24) is 14.7 Å². The molecule has 2 aromatic rings. The van der Waals surface area contributed by atoms with Gasteiger partial charge in [0.2, 0.25) is 0 Å². The van der Waals surface area contributed by atoms with Gasteiger partial charge in [-0.05, 0) is 38.0 Å². The smallest absolute Gasteiger partial charge is 0.255 e. The maximum absolute atomic E-state index is 12.6. The molecule has 1 amide bonds. The Hall–Kier alpha value is -2.34. The largest absolute Gasteiger partial charge is 0.398 e. The first kappa shape index (κ1) is 17.0. The number of aliphatic hydroxyl groups excluding tert-OH is 1. The summed E-state index contributed by atoms with van der Waals surface area (Å²) >= 11 is 0. The van der Waals surface area contributed by atoms with Crippen LogP contribution in [0.1, 0.15) is 30.6 Å². The number of carbonyl (C=O) groups excluding carboxylic acids is 1. The lowest BCUT2D eigenvalue weighted by atomic mass is 10.0. The van der Waals surface area contributed by atoms with Crippen LogP contribution in [0.4, 0.5) is 5.69 Å². The second-order valence-electron chi connectivity index (χ2n) is 5.35. The highest BCUT2D eigenvalue weighted by molar-refractivity contribution is 6.00. The van der Waals surface area contributed by atoms with Crippen molar-refractivity contribution >= 4 is 11.6 Å². The van der Waals surface area contributed by atoms with E-state index in [0.29, 0.717) is 37.3 Å². The second kappa shape index (κ2) is 7.78. The van der Waals surface area contributed by atoms with Crippen LogP contribution in [0.15, 0.2) is 30.6 Å². The van der Waals surface area contributed by atoms with E-state index >= 15 is 0 Å². The number of hydrogen-bond donors (Lipinski definition) is 2. The topological polar surface area (TPSA) is 84.4 Å². The van der Waals surface area contributed by atoms with Gasteiger partial charge in [-0.2, -0.15) is 5.10 Å². The second-order valence-corrected chi connectivity index (χ2v) is 5.35. The summed E-state index contributed by atoms with van der Waals surface area (Å²) in [5.41, 5.74) is 8.83. The fourth-order valence-electron chi connectivity index (χ4n) is 2.47. The predicted molar refractivity (Wildman–Crippen MR) is 91.0 cm³/mol. The number of nitrogen functional groups attached to an aromatic ring is 1. The Labute approximate surface area is 136 Å². The van der Waals surface area contributed by atoms with Gasteiger partial charge in [-0.1, -0.05) is 6.07 Å². The maximum atomic E-state index is 12.6. The van der Waals surface area contributed by atoms with Crippen molar-refractivity contribution in [3.8, 4) is 11.1 Å². The third kappa shape index (κ3) is 3.90. The first-order valence-corrected chi connectivity index (χ1v) is 7.93. The molecule has 1 aromatic carbocycles. The molecule has 6 heteroatoms. The van der Waals surface area contributed by atoms with Gasteiger partial charge >= 0.3 is 0 Å². The fraction of sp³-hybridized carbons (Fsp3) is 0.412. The summed E-state index contributed by atoms with van der Waals surface area (Å²) < 4.78 is 1.79. The molecular formula is C17H24N4O2. The van der Waals surface area contributed by atoms with E-state index in [1.807, 2.05) is 32.2 Å². The average molecular weight is 316 g/mol. The van der Waals surface area contributed by atoms with Crippen LogP contribution in [-0.4, -0.2) is 45.4 Å². The van der Waals surface area contributed by atoms with Gasteiger partial charge in [0, 0.05) is 43.7 Å². The van der Waals surface area contributed by atoms with Crippen molar-refractivity contribution in [2.24, 2.45) is 0 Å². The lowest BCUT2D eigenvalue weighted by molar-refractivity contribution is 0.0774. The molecule has 0 atom stereocenters. The maximum Gasteiger partial charge on any atom is 0.255 e. The highest BCUT2D eigenvalue weighted by Gasteiger charge is 2.16. The number of nitrogens with zero attached hydrogens (tertiary/aromatic N) is 3. The molecule has 0 spiro atoms. The number of aryl methyl sites for hydroxylation is 1. The van der Waals surface area contributed by atoms with Gasteiger partial charge in [-0.25, -0.2) is 0 Å². The van der Waals surface area contributed by atoms with Crippen LogP contribution in [0.5, 0.6) is 0 Å². The molecule has 0 unspecified atom stereocenters. The van der Waals surface area contributed by atoms with Crippen molar-refractivity contribution < 1.29 is 9.90 Å². The molecule has 23 heavy (non-hydrogen) atoms. The van der Waals surface area contributed by atoms with Crippen LogP contribution in [-0.2, 0) is 6.54 Å². The predicted octanol–water partition coefficient (Wildman–Crippen LogP) is 2.00. The van der Waals surface area contributed by atoms with Gasteiger partial charge in [0.05, 0.1) is 11.8 Å². The summed E-state index contributed by atoms with van der Waals surface area (Å²) in [6, 6.07) is 5.47. The standard InChI is InChI=1S/C17H24N4O2/c1-3-20(4-2)17(23)15-10-13(6-7-16(15)18)14-11-19-21(12-14)8-5-9-22/h6-7,10-12,22H,3-5,8-9,18H2,1-2H3. The number of hydrogen-bond acceptors (Lipinski definition) is 4. The normalized spacial score (nSPS) is 10.7. The lowest BCUT2D eigenvalue weighted by Crippen LogP contribution is -2.31. The molecule has 124 valence electrons. The molecule has 1 aromatic heterocycles. The molecule has 2 rings (SSSR count). The van der Waals surface area contributed by atoms with Crippen molar-refractivity contribution in [2.75, 3.05) is 25.4 Å². The zero-order valence-electron chi connectivity index (χ0n) is 13.7. The van der Waals surface area contributed by atoms with Crippen LogP contribution in [0, 0.1) is 0 Å². The van der Waals surface area contributed by atoms with E-state index < -0.39 is 0 Å². The van der Waals surface area contributed by atoms with E-state index in [4.69, 9.17) is 10.8 Å². The van der Waals surface area contributed by atoms with Crippen LogP contribution in [0.25, 0.3) is 11.1 Å². The zero-order chi connectivity index (χ0) is 16.8. The molecule has 0 saturated heterocycles. The Morgan fingerprint density at radius 2 is 2.04 bits per heavy atom. The van der Waals surface area contributed by atoms with E-state index in [-0.39, 0.29) is 12.5 Å². The minimum Gasteiger partial charge on any atom is -0.398 e. The molecule has 0 aliphatic heterocycles. The van der Waals surface area contributed by atoms with Crippen molar-refractivity contribution in [3.63, 3.8) is 0 Å². The highest BCUT2D eigenvalue weighted by Crippen LogP contribution is 2.24. The van der Waals surface area contributed by atoms with Gasteiger partial charge in [0.15, 0.2) is 0 Å². The Morgan fingerprint density at radius 1 is 1.30 bits per heavy atom. The summed E-state index contributed by atoms with van der Waals surface area (Å²) in [6.07, 6.45) is 4.33. The minimum absolute atomic E-state index is 0.0537. The van der Waals surface area contributed by atoms with Crippen molar-refractivity contribution in [3.05, 3.63) is 36.2 Å². The van der Waals surface area contributed by atoms with Gasteiger partial charge in [0.25, 0.3) is 5.91 Å². The van der Waals surface area contributed by atoms with Crippen LogP contribution in [0.3, 0.4) is 0 Å².